The van der Waals surface area contributed by atoms with Crippen molar-refractivity contribution in [2.24, 2.45) is 0 Å². The van der Waals surface area contributed by atoms with E-state index in [1.165, 1.54) is 0 Å². The van der Waals surface area contributed by atoms with E-state index < -0.39 is 16.6 Å². The van der Waals surface area contributed by atoms with Crippen LogP contribution in [-0.2, 0) is 18.3 Å². The monoisotopic (exact) mass is 616 g/mol. The van der Waals surface area contributed by atoms with E-state index in [-0.39, 0.29) is 28.6 Å². The summed E-state index contributed by atoms with van der Waals surface area (Å²) in [6, 6.07) is 0. The summed E-state index contributed by atoms with van der Waals surface area (Å²) in [6.07, 6.45) is 32.0. The summed E-state index contributed by atoms with van der Waals surface area (Å²) in [7, 11) is -3.77. The highest BCUT2D eigenvalue weighted by Crippen LogP contribution is 2.38. The Balaban J connectivity index is 2.86. The molecule has 1 aliphatic heterocycles. The zero-order valence-corrected chi connectivity index (χ0v) is 31.0. The molecule has 2 atom stereocenters. The summed E-state index contributed by atoms with van der Waals surface area (Å²) in [4.78, 5) is 0. The zero-order chi connectivity index (χ0) is 31.7. The lowest BCUT2D eigenvalue weighted by Gasteiger charge is -2.38. The first kappa shape index (κ1) is 38.7. The molecular formula is C36H64O4Si2. The lowest BCUT2D eigenvalue weighted by atomic mass is 10.2. The topological polar surface area (TPSA) is 36.9 Å². The van der Waals surface area contributed by atoms with Crippen molar-refractivity contribution in [1.82, 2.24) is 0 Å². The molecule has 0 bridgehead atoms. The molecule has 42 heavy (non-hydrogen) atoms. The maximum Gasteiger partial charge on any atom is 0.192 e. The molecule has 0 saturated carbocycles. The SMILES string of the molecule is CC/C=C\C/C=C\C[C@@H](\C=C/C=C/C=C/[C@@H](C/C=C\CCC1OCCO1)O[Si](C)(C)C(C)(C)C)O[Si](C)(C)C(C)(C)C. The highest BCUT2D eigenvalue weighted by Gasteiger charge is 2.39. The third-order valence-electron chi connectivity index (χ3n) is 8.49. The van der Waals surface area contributed by atoms with Gasteiger partial charge in [0.25, 0.3) is 0 Å². The van der Waals surface area contributed by atoms with Crippen molar-refractivity contribution in [2.45, 2.75) is 142 Å². The van der Waals surface area contributed by atoms with Gasteiger partial charge in [0, 0.05) is 6.42 Å². The minimum absolute atomic E-state index is 0.0436. The molecule has 0 aliphatic carbocycles. The van der Waals surface area contributed by atoms with E-state index in [0.29, 0.717) is 13.2 Å². The molecule has 0 N–H and O–H groups in total. The van der Waals surface area contributed by atoms with Gasteiger partial charge in [-0.2, -0.15) is 0 Å². The molecule has 0 aromatic rings. The number of hydrogen-bond acceptors (Lipinski definition) is 4. The third kappa shape index (κ3) is 16.0. The molecule has 0 unspecified atom stereocenters. The quantitative estimate of drug-likeness (QED) is 0.0872. The predicted molar refractivity (Wildman–Crippen MR) is 188 cm³/mol. The fourth-order valence-corrected chi connectivity index (χ4v) is 6.34. The molecule has 0 amide bonds. The summed E-state index contributed by atoms with van der Waals surface area (Å²) in [5.41, 5.74) is 0. The van der Waals surface area contributed by atoms with Gasteiger partial charge >= 0.3 is 0 Å². The molecule has 0 aromatic heterocycles. The second-order valence-corrected chi connectivity index (χ2v) is 23.8. The van der Waals surface area contributed by atoms with Gasteiger partial charge in [-0.1, -0.05) is 121 Å². The van der Waals surface area contributed by atoms with Crippen molar-refractivity contribution < 1.29 is 18.3 Å². The molecule has 1 fully saturated rings. The zero-order valence-electron chi connectivity index (χ0n) is 29.0. The molecule has 0 radical (unpaired) electrons. The van der Waals surface area contributed by atoms with Gasteiger partial charge < -0.3 is 18.3 Å². The first-order valence-electron chi connectivity index (χ1n) is 16.1. The molecule has 1 rings (SSSR count). The highest BCUT2D eigenvalue weighted by molar-refractivity contribution is 6.74. The Morgan fingerprint density at radius 1 is 0.667 bits per heavy atom. The van der Waals surface area contributed by atoms with E-state index in [9.17, 15) is 0 Å². The van der Waals surface area contributed by atoms with E-state index >= 15 is 0 Å². The van der Waals surface area contributed by atoms with Crippen LogP contribution < -0.4 is 0 Å². The average Bonchev–Trinajstić information content (AvgIpc) is 3.39. The minimum Gasteiger partial charge on any atom is -0.410 e. The fourth-order valence-electron chi connectivity index (χ4n) is 3.77. The number of ether oxygens (including phenoxy) is 2. The second kappa shape index (κ2) is 19.2. The molecule has 240 valence electrons. The Kier molecular flexibility index (Phi) is 17.7. The van der Waals surface area contributed by atoms with Crippen molar-refractivity contribution in [3.05, 3.63) is 72.9 Å². The molecule has 0 spiro atoms. The lowest BCUT2D eigenvalue weighted by Crippen LogP contribution is -2.43. The van der Waals surface area contributed by atoms with Crippen LogP contribution in [0, 0.1) is 0 Å². The van der Waals surface area contributed by atoms with Crippen LogP contribution in [0.2, 0.25) is 36.3 Å². The van der Waals surface area contributed by atoms with E-state index in [1.807, 2.05) is 0 Å². The summed E-state index contributed by atoms with van der Waals surface area (Å²) >= 11 is 0. The van der Waals surface area contributed by atoms with Crippen molar-refractivity contribution in [2.75, 3.05) is 13.2 Å². The van der Waals surface area contributed by atoms with Crippen molar-refractivity contribution in [3.8, 4) is 0 Å². The van der Waals surface area contributed by atoms with Gasteiger partial charge in [0.05, 0.1) is 25.4 Å². The van der Waals surface area contributed by atoms with Gasteiger partial charge in [-0.3, -0.25) is 0 Å². The van der Waals surface area contributed by atoms with Gasteiger partial charge in [-0.05, 0) is 68.4 Å². The van der Waals surface area contributed by atoms with Crippen molar-refractivity contribution >= 4 is 16.6 Å². The van der Waals surface area contributed by atoms with Crippen LogP contribution in [0.5, 0.6) is 0 Å². The van der Waals surface area contributed by atoms with E-state index in [0.717, 1.165) is 38.5 Å². The van der Waals surface area contributed by atoms with E-state index in [2.05, 4.69) is 148 Å². The van der Waals surface area contributed by atoms with Crippen LogP contribution >= 0.6 is 0 Å². The molecule has 4 nitrogen and oxygen atoms in total. The summed E-state index contributed by atoms with van der Waals surface area (Å²) in [6.45, 7) is 26.7. The summed E-state index contributed by atoms with van der Waals surface area (Å²) in [5, 5.41) is 0.343. The Labute approximate surface area is 262 Å². The van der Waals surface area contributed by atoms with Gasteiger partial charge in [-0.25, -0.2) is 0 Å². The number of rotatable bonds is 18. The van der Waals surface area contributed by atoms with Gasteiger partial charge in [0.2, 0.25) is 0 Å². The fraction of sp³-hybridized carbons (Fsp3) is 0.667. The van der Waals surface area contributed by atoms with Gasteiger partial charge in [0.15, 0.2) is 22.9 Å². The normalized spacial score (nSPS) is 18.4. The average molecular weight is 617 g/mol. The molecule has 1 aliphatic rings. The van der Waals surface area contributed by atoms with Crippen LogP contribution in [0.3, 0.4) is 0 Å². The maximum absolute atomic E-state index is 6.76. The van der Waals surface area contributed by atoms with E-state index in [4.69, 9.17) is 18.3 Å². The Hall–Kier alpha value is -1.29. The maximum atomic E-state index is 6.76. The van der Waals surface area contributed by atoms with E-state index in [1.54, 1.807) is 0 Å². The Bertz CT molecular complexity index is 908. The lowest BCUT2D eigenvalue weighted by molar-refractivity contribution is -0.0457. The minimum atomic E-state index is -1.90. The van der Waals surface area contributed by atoms with Crippen LogP contribution in [0.25, 0.3) is 0 Å². The number of allylic oxidation sites excluding steroid dienone is 8. The molecule has 6 heteroatoms. The molecular weight excluding hydrogens is 553 g/mol. The largest absolute Gasteiger partial charge is 0.410 e. The van der Waals surface area contributed by atoms with Crippen molar-refractivity contribution in [1.29, 1.82) is 0 Å². The third-order valence-corrected chi connectivity index (χ3v) is 17.5. The standard InChI is InChI=1S/C36H64O4Si2/c1-12-13-14-15-16-20-25-32(39-41(8,9)35(2,3)4)26-21-17-18-22-27-33(40-42(10,11)36(5,6)7)28-23-19-24-29-34-37-30-31-38-34/h13-14,16-23,26-27,32-34H,12,15,24-25,28-31H2,1-11H3/b14-13-,18-17+,20-16-,23-19-,26-21-,27-22+/t32-,33-/m0/s1. The molecule has 1 saturated heterocycles. The number of hydrogen-bond donors (Lipinski definition) is 0. The van der Waals surface area contributed by atoms with Crippen molar-refractivity contribution in [3.63, 3.8) is 0 Å². The highest BCUT2D eigenvalue weighted by atomic mass is 28.4. The Morgan fingerprint density at radius 3 is 1.57 bits per heavy atom. The van der Waals surface area contributed by atoms with Gasteiger partial charge in [0.1, 0.15) is 0 Å². The molecule has 1 heterocycles. The second-order valence-electron chi connectivity index (χ2n) is 14.3. The van der Waals surface area contributed by atoms with Crippen LogP contribution in [0.15, 0.2) is 72.9 Å². The first-order chi connectivity index (χ1) is 19.6. The smallest absolute Gasteiger partial charge is 0.192 e. The van der Waals surface area contributed by atoms with Gasteiger partial charge in [-0.15, -0.1) is 0 Å². The van der Waals surface area contributed by atoms with Crippen LogP contribution in [0.1, 0.15) is 87.0 Å². The summed E-state index contributed by atoms with van der Waals surface area (Å²) in [5.74, 6) is 0. The van der Waals surface area contributed by atoms with Crippen LogP contribution in [0.4, 0.5) is 0 Å². The summed E-state index contributed by atoms with van der Waals surface area (Å²) < 4.78 is 24.6. The predicted octanol–water partition coefficient (Wildman–Crippen LogP) is 10.8. The first-order valence-corrected chi connectivity index (χ1v) is 22.0. The van der Waals surface area contributed by atoms with Crippen LogP contribution in [-0.4, -0.2) is 48.3 Å². The molecule has 0 aromatic carbocycles. The Morgan fingerprint density at radius 2 is 1.12 bits per heavy atom.